The van der Waals surface area contributed by atoms with Gasteiger partial charge < -0.3 is 9.47 Å². The van der Waals surface area contributed by atoms with Crippen molar-refractivity contribution in [2.24, 2.45) is 0 Å². The van der Waals surface area contributed by atoms with Gasteiger partial charge >= 0.3 is 0 Å². The van der Waals surface area contributed by atoms with Crippen LogP contribution in [0.2, 0.25) is 0 Å². The molecular weight excluding hydrogens is 300 g/mol. The van der Waals surface area contributed by atoms with E-state index < -0.39 is 0 Å². The summed E-state index contributed by atoms with van der Waals surface area (Å²) in [5.41, 5.74) is 1.40. The van der Waals surface area contributed by atoms with Crippen LogP contribution < -0.4 is 9.47 Å². The third kappa shape index (κ3) is 4.98. The van der Waals surface area contributed by atoms with E-state index in [1.165, 1.54) is 5.56 Å². The minimum absolute atomic E-state index is 0.727. The summed E-state index contributed by atoms with van der Waals surface area (Å²) in [5.74, 6) is 1.76. The third-order valence-corrected chi connectivity index (χ3v) is 4.45. The van der Waals surface area contributed by atoms with Gasteiger partial charge in [-0.05, 0) is 29.8 Å². The lowest BCUT2D eigenvalue weighted by Crippen LogP contribution is -2.47. The summed E-state index contributed by atoms with van der Waals surface area (Å²) in [4.78, 5) is 5.00. The van der Waals surface area contributed by atoms with Gasteiger partial charge in [0.25, 0.3) is 0 Å². The van der Waals surface area contributed by atoms with Gasteiger partial charge in [-0.25, -0.2) is 0 Å². The molecule has 4 nitrogen and oxygen atoms in total. The average Bonchev–Trinajstić information content (AvgIpc) is 2.65. The highest BCUT2D eigenvalue weighted by Crippen LogP contribution is 2.17. The molecule has 0 bridgehead atoms. The molecule has 0 radical (unpaired) electrons. The number of benzene rings is 2. The van der Waals surface area contributed by atoms with E-state index in [4.69, 9.17) is 9.47 Å². The summed E-state index contributed by atoms with van der Waals surface area (Å²) < 4.78 is 11.0. The highest BCUT2D eigenvalue weighted by atomic mass is 16.5. The van der Waals surface area contributed by atoms with Gasteiger partial charge in [0, 0.05) is 39.3 Å². The van der Waals surface area contributed by atoms with E-state index in [1.54, 1.807) is 7.11 Å². The lowest BCUT2D eigenvalue weighted by Gasteiger charge is -2.34. The molecular formula is C20H26N2O2. The van der Waals surface area contributed by atoms with Crippen LogP contribution in [0.25, 0.3) is 0 Å². The standard InChI is InChI=1S/C20H26N2O2/c1-23-19-7-9-20(10-8-19)24-16-15-21-11-13-22(14-12-21)17-18-5-3-2-4-6-18/h2-10H,11-17H2,1H3. The quantitative estimate of drug-likeness (QED) is 0.781. The van der Waals surface area contributed by atoms with Gasteiger partial charge in [0.05, 0.1) is 7.11 Å². The Hall–Kier alpha value is -2.04. The number of methoxy groups -OCH3 is 1. The number of piperazine rings is 1. The van der Waals surface area contributed by atoms with Gasteiger partial charge in [0.2, 0.25) is 0 Å². The molecule has 0 aromatic heterocycles. The monoisotopic (exact) mass is 326 g/mol. The molecule has 2 aromatic carbocycles. The molecule has 128 valence electrons. The van der Waals surface area contributed by atoms with E-state index in [1.807, 2.05) is 24.3 Å². The highest BCUT2D eigenvalue weighted by Gasteiger charge is 2.16. The van der Waals surface area contributed by atoms with Crippen LogP contribution in [0.5, 0.6) is 11.5 Å². The van der Waals surface area contributed by atoms with E-state index in [2.05, 4.69) is 40.1 Å². The topological polar surface area (TPSA) is 24.9 Å². The molecule has 1 heterocycles. The molecule has 1 saturated heterocycles. The fourth-order valence-corrected chi connectivity index (χ4v) is 2.98. The van der Waals surface area contributed by atoms with Crippen molar-refractivity contribution in [2.45, 2.75) is 6.54 Å². The van der Waals surface area contributed by atoms with Gasteiger partial charge in [0.15, 0.2) is 0 Å². The lowest BCUT2D eigenvalue weighted by molar-refractivity contribution is 0.112. The second kappa shape index (κ2) is 8.71. The molecule has 3 rings (SSSR count). The number of hydrogen-bond acceptors (Lipinski definition) is 4. The first-order chi connectivity index (χ1) is 11.8. The molecule has 1 aliphatic rings. The molecule has 1 fully saturated rings. The molecule has 0 spiro atoms. The number of rotatable bonds is 7. The Morgan fingerprint density at radius 1 is 0.792 bits per heavy atom. The molecule has 0 N–H and O–H groups in total. The summed E-state index contributed by atoms with van der Waals surface area (Å²) in [6.07, 6.45) is 0. The van der Waals surface area contributed by atoms with Crippen LogP contribution >= 0.6 is 0 Å². The molecule has 0 unspecified atom stereocenters. The van der Waals surface area contributed by atoms with Gasteiger partial charge in [-0.2, -0.15) is 0 Å². The fourth-order valence-electron chi connectivity index (χ4n) is 2.98. The fraction of sp³-hybridized carbons (Fsp3) is 0.400. The molecule has 1 aliphatic heterocycles. The van der Waals surface area contributed by atoms with Crippen molar-refractivity contribution in [3.05, 3.63) is 60.2 Å². The zero-order valence-electron chi connectivity index (χ0n) is 14.4. The molecule has 4 heteroatoms. The van der Waals surface area contributed by atoms with Crippen LogP contribution in [0.4, 0.5) is 0 Å². The predicted molar refractivity (Wildman–Crippen MR) is 96.6 cm³/mol. The van der Waals surface area contributed by atoms with E-state index in [0.717, 1.165) is 57.4 Å². The second-order valence-corrected chi connectivity index (χ2v) is 6.13. The van der Waals surface area contributed by atoms with Crippen molar-refractivity contribution >= 4 is 0 Å². The Morgan fingerprint density at radius 2 is 1.42 bits per heavy atom. The van der Waals surface area contributed by atoms with Gasteiger partial charge in [0.1, 0.15) is 18.1 Å². The molecule has 2 aromatic rings. The summed E-state index contributed by atoms with van der Waals surface area (Å²) in [5, 5.41) is 0. The van der Waals surface area contributed by atoms with Crippen molar-refractivity contribution in [1.29, 1.82) is 0 Å². The Kier molecular flexibility index (Phi) is 6.10. The number of nitrogens with zero attached hydrogens (tertiary/aromatic N) is 2. The van der Waals surface area contributed by atoms with Crippen LogP contribution in [-0.4, -0.2) is 56.2 Å². The number of hydrogen-bond donors (Lipinski definition) is 0. The van der Waals surface area contributed by atoms with Crippen LogP contribution in [0.1, 0.15) is 5.56 Å². The Bertz CT molecular complexity index is 593. The highest BCUT2D eigenvalue weighted by molar-refractivity contribution is 5.31. The Morgan fingerprint density at radius 3 is 2.08 bits per heavy atom. The van der Waals surface area contributed by atoms with Crippen molar-refractivity contribution < 1.29 is 9.47 Å². The maximum Gasteiger partial charge on any atom is 0.119 e. The maximum absolute atomic E-state index is 5.82. The van der Waals surface area contributed by atoms with Crippen molar-refractivity contribution in [3.8, 4) is 11.5 Å². The third-order valence-electron chi connectivity index (χ3n) is 4.45. The summed E-state index contributed by atoms with van der Waals surface area (Å²) in [7, 11) is 1.67. The first-order valence-electron chi connectivity index (χ1n) is 8.59. The number of ether oxygens (including phenoxy) is 2. The summed E-state index contributed by atoms with van der Waals surface area (Å²) in [6, 6.07) is 18.5. The largest absolute Gasteiger partial charge is 0.497 e. The van der Waals surface area contributed by atoms with Gasteiger partial charge in [-0.15, -0.1) is 0 Å². The van der Waals surface area contributed by atoms with Crippen molar-refractivity contribution in [1.82, 2.24) is 9.80 Å². The minimum atomic E-state index is 0.727. The normalized spacial score (nSPS) is 16.0. The first-order valence-corrected chi connectivity index (χ1v) is 8.59. The Labute approximate surface area is 144 Å². The molecule has 0 aliphatic carbocycles. The predicted octanol–water partition coefficient (Wildman–Crippen LogP) is 2.89. The van der Waals surface area contributed by atoms with Crippen molar-refractivity contribution in [3.63, 3.8) is 0 Å². The van der Waals surface area contributed by atoms with E-state index in [0.29, 0.717) is 0 Å². The smallest absolute Gasteiger partial charge is 0.119 e. The van der Waals surface area contributed by atoms with Gasteiger partial charge in [-0.1, -0.05) is 30.3 Å². The van der Waals surface area contributed by atoms with E-state index >= 15 is 0 Å². The zero-order chi connectivity index (χ0) is 16.6. The van der Waals surface area contributed by atoms with Crippen molar-refractivity contribution in [2.75, 3.05) is 46.4 Å². The van der Waals surface area contributed by atoms with E-state index in [-0.39, 0.29) is 0 Å². The minimum Gasteiger partial charge on any atom is -0.497 e. The van der Waals surface area contributed by atoms with Crippen LogP contribution in [0, 0.1) is 0 Å². The lowest BCUT2D eigenvalue weighted by atomic mass is 10.2. The van der Waals surface area contributed by atoms with Crippen LogP contribution in [-0.2, 0) is 6.54 Å². The second-order valence-electron chi connectivity index (χ2n) is 6.13. The first kappa shape index (κ1) is 16.8. The zero-order valence-corrected chi connectivity index (χ0v) is 14.4. The molecule has 0 amide bonds. The maximum atomic E-state index is 5.82. The summed E-state index contributed by atoms with van der Waals surface area (Å²) >= 11 is 0. The molecule has 24 heavy (non-hydrogen) atoms. The molecule has 0 atom stereocenters. The van der Waals surface area contributed by atoms with Gasteiger partial charge in [-0.3, -0.25) is 9.80 Å². The molecule has 0 saturated carbocycles. The van der Waals surface area contributed by atoms with Crippen LogP contribution in [0.15, 0.2) is 54.6 Å². The summed E-state index contributed by atoms with van der Waals surface area (Å²) in [6.45, 7) is 7.22. The Balaban J connectivity index is 1.35. The SMILES string of the molecule is COc1ccc(OCCN2CCN(Cc3ccccc3)CC2)cc1. The average molecular weight is 326 g/mol. The van der Waals surface area contributed by atoms with E-state index in [9.17, 15) is 0 Å². The van der Waals surface area contributed by atoms with Crippen LogP contribution in [0.3, 0.4) is 0 Å².